The molecule has 0 aromatic heterocycles. The normalized spacial score (nSPS) is 14.6. The molecule has 6 heteroatoms. The third-order valence-corrected chi connectivity index (χ3v) is 4.38. The van der Waals surface area contributed by atoms with Gasteiger partial charge in [-0.05, 0) is 37.0 Å². The molecule has 1 aliphatic rings. The van der Waals surface area contributed by atoms with E-state index < -0.39 is 10.0 Å². The number of nitrogens with one attached hydrogen (secondary N) is 1. The summed E-state index contributed by atoms with van der Waals surface area (Å²) >= 11 is 5.87. The van der Waals surface area contributed by atoms with Crippen molar-refractivity contribution in [2.75, 3.05) is 17.1 Å². The highest BCUT2D eigenvalue weighted by molar-refractivity contribution is 7.92. The number of hydrogen-bond donors (Lipinski definition) is 2. The zero-order chi connectivity index (χ0) is 13.9. The SMILES string of the molecule is O=S(=O)(CC1CC1)Nc1cc(Cl)ccc1C#CCO. The Morgan fingerprint density at radius 1 is 1.42 bits per heavy atom. The minimum Gasteiger partial charge on any atom is -0.384 e. The van der Waals surface area contributed by atoms with E-state index in [1.165, 1.54) is 6.07 Å². The summed E-state index contributed by atoms with van der Waals surface area (Å²) in [6.07, 6.45) is 1.93. The molecule has 0 saturated heterocycles. The number of sulfonamides is 1. The summed E-state index contributed by atoms with van der Waals surface area (Å²) in [6, 6.07) is 4.77. The van der Waals surface area contributed by atoms with Crippen molar-refractivity contribution in [1.82, 2.24) is 0 Å². The molecule has 19 heavy (non-hydrogen) atoms. The second kappa shape index (κ2) is 5.83. The molecule has 102 valence electrons. The summed E-state index contributed by atoms with van der Waals surface area (Å²) in [4.78, 5) is 0. The van der Waals surface area contributed by atoms with Gasteiger partial charge in [0.1, 0.15) is 6.61 Å². The molecular formula is C13H14ClNO3S. The summed E-state index contributed by atoms with van der Waals surface area (Å²) in [5.41, 5.74) is 0.854. The van der Waals surface area contributed by atoms with E-state index >= 15 is 0 Å². The molecular weight excluding hydrogens is 286 g/mol. The molecule has 0 unspecified atom stereocenters. The van der Waals surface area contributed by atoms with Crippen molar-refractivity contribution in [3.63, 3.8) is 0 Å². The van der Waals surface area contributed by atoms with E-state index in [0.717, 1.165) is 12.8 Å². The van der Waals surface area contributed by atoms with Crippen molar-refractivity contribution in [3.05, 3.63) is 28.8 Å². The van der Waals surface area contributed by atoms with Crippen LogP contribution in [-0.2, 0) is 10.0 Å². The van der Waals surface area contributed by atoms with E-state index in [-0.39, 0.29) is 18.3 Å². The van der Waals surface area contributed by atoms with Gasteiger partial charge in [-0.3, -0.25) is 4.72 Å². The van der Waals surface area contributed by atoms with Gasteiger partial charge in [-0.15, -0.1) is 0 Å². The lowest BCUT2D eigenvalue weighted by Crippen LogP contribution is -2.18. The van der Waals surface area contributed by atoms with E-state index in [1.807, 2.05) is 0 Å². The van der Waals surface area contributed by atoms with Crippen LogP contribution in [0.5, 0.6) is 0 Å². The molecule has 1 aliphatic carbocycles. The van der Waals surface area contributed by atoms with Gasteiger partial charge in [-0.25, -0.2) is 8.42 Å². The molecule has 0 radical (unpaired) electrons. The molecule has 1 aromatic rings. The summed E-state index contributed by atoms with van der Waals surface area (Å²) in [5, 5.41) is 9.12. The fourth-order valence-electron chi connectivity index (χ4n) is 1.65. The van der Waals surface area contributed by atoms with Crippen molar-refractivity contribution in [2.45, 2.75) is 12.8 Å². The second-order valence-electron chi connectivity index (χ2n) is 4.48. The Balaban J connectivity index is 2.24. The first kappa shape index (κ1) is 14.2. The zero-order valence-electron chi connectivity index (χ0n) is 10.2. The minimum atomic E-state index is -3.37. The van der Waals surface area contributed by atoms with E-state index in [2.05, 4.69) is 16.6 Å². The quantitative estimate of drug-likeness (QED) is 0.834. The van der Waals surface area contributed by atoms with Crippen LogP contribution < -0.4 is 4.72 Å². The van der Waals surface area contributed by atoms with Crippen LogP contribution in [0.15, 0.2) is 18.2 Å². The maximum Gasteiger partial charge on any atom is 0.233 e. The van der Waals surface area contributed by atoms with Crippen LogP contribution >= 0.6 is 11.6 Å². The average molecular weight is 300 g/mol. The second-order valence-corrected chi connectivity index (χ2v) is 6.68. The van der Waals surface area contributed by atoms with Crippen LogP contribution in [0.25, 0.3) is 0 Å². The van der Waals surface area contributed by atoms with Gasteiger partial charge in [-0.2, -0.15) is 0 Å². The Bertz CT molecular complexity index is 627. The zero-order valence-corrected chi connectivity index (χ0v) is 11.8. The van der Waals surface area contributed by atoms with Gasteiger partial charge in [0.2, 0.25) is 10.0 Å². The summed E-state index contributed by atoms with van der Waals surface area (Å²) in [6.45, 7) is -0.281. The van der Waals surface area contributed by atoms with Gasteiger partial charge in [0.15, 0.2) is 0 Å². The molecule has 0 heterocycles. The van der Waals surface area contributed by atoms with Crippen molar-refractivity contribution in [2.24, 2.45) is 5.92 Å². The first-order valence-electron chi connectivity index (χ1n) is 5.90. The van der Waals surface area contributed by atoms with Crippen molar-refractivity contribution < 1.29 is 13.5 Å². The predicted molar refractivity (Wildman–Crippen MR) is 75.5 cm³/mol. The average Bonchev–Trinajstić information content (AvgIpc) is 3.10. The molecule has 2 rings (SSSR count). The topological polar surface area (TPSA) is 66.4 Å². The molecule has 0 spiro atoms. The molecule has 2 N–H and O–H groups in total. The molecule has 1 fully saturated rings. The van der Waals surface area contributed by atoms with Gasteiger partial charge >= 0.3 is 0 Å². The minimum absolute atomic E-state index is 0.131. The summed E-state index contributed by atoms with van der Waals surface area (Å²) < 4.78 is 26.4. The van der Waals surface area contributed by atoms with Crippen LogP contribution in [-0.4, -0.2) is 25.9 Å². The lowest BCUT2D eigenvalue weighted by Gasteiger charge is -2.09. The molecule has 1 saturated carbocycles. The van der Waals surface area contributed by atoms with Crippen LogP contribution in [0.1, 0.15) is 18.4 Å². The van der Waals surface area contributed by atoms with E-state index in [0.29, 0.717) is 16.3 Å². The third-order valence-electron chi connectivity index (χ3n) is 2.70. The number of aliphatic hydroxyl groups is 1. The Hall–Kier alpha value is -1.22. The summed E-state index contributed by atoms with van der Waals surface area (Å²) in [5.74, 6) is 5.59. The standard InChI is InChI=1S/C13H14ClNO3S/c14-12-6-5-11(2-1-7-16)13(8-12)15-19(17,18)9-10-3-4-10/h5-6,8,10,15-16H,3-4,7,9H2. The monoisotopic (exact) mass is 299 g/mol. The molecule has 4 nitrogen and oxygen atoms in total. The van der Waals surface area contributed by atoms with Crippen LogP contribution in [0, 0.1) is 17.8 Å². The lowest BCUT2D eigenvalue weighted by atomic mass is 10.2. The highest BCUT2D eigenvalue weighted by atomic mass is 35.5. The third kappa shape index (κ3) is 4.43. The largest absolute Gasteiger partial charge is 0.384 e. The number of benzene rings is 1. The van der Waals surface area contributed by atoms with Crippen LogP contribution in [0.2, 0.25) is 5.02 Å². The van der Waals surface area contributed by atoms with Crippen molar-refractivity contribution >= 4 is 27.3 Å². The van der Waals surface area contributed by atoms with Gasteiger partial charge in [0.05, 0.1) is 11.4 Å². The first-order chi connectivity index (χ1) is 9.00. The fraction of sp³-hybridized carbons (Fsp3) is 0.385. The highest BCUT2D eigenvalue weighted by Crippen LogP contribution is 2.31. The maximum atomic E-state index is 11.9. The van der Waals surface area contributed by atoms with E-state index in [4.69, 9.17) is 16.7 Å². The van der Waals surface area contributed by atoms with Gasteiger partial charge < -0.3 is 5.11 Å². The lowest BCUT2D eigenvalue weighted by molar-refractivity contribution is 0.350. The summed E-state index contributed by atoms with van der Waals surface area (Å²) in [7, 11) is -3.37. The van der Waals surface area contributed by atoms with Crippen LogP contribution in [0.3, 0.4) is 0 Å². The highest BCUT2D eigenvalue weighted by Gasteiger charge is 2.28. The first-order valence-corrected chi connectivity index (χ1v) is 7.93. The van der Waals surface area contributed by atoms with Crippen molar-refractivity contribution in [3.8, 4) is 11.8 Å². The van der Waals surface area contributed by atoms with Gasteiger partial charge in [0, 0.05) is 10.6 Å². The number of hydrogen-bond acceptors (Lipinski definition) is 3. The Labute approximate surface area is 117 Å². The molecule has 0 amide bonds. The molecule has 0 aliphatic heterocycles. The van der Waals surface area contributed by atoms with Gasteiger partial charge in [-0.1, -0.05) is 23.4 Å². The molecule has 1 aromatic carbocycles. The number of aliphatic hydroxyl groups excluding tert-OH is 1. The number of rotatable bonds is 4. The number of halogens is 1. The van der Waals surface area contributed by atoms with Gasteiger partial charge in [0.25, 0.3) is 0 Å². The Morgan fingerprint density at radius 3 is 2.79 bits per heavy atom. The Kier molecular flexibility index (Phi) is 4.35. The smallest absolute Gasteiger partial charge is 0.233 e. The van der Waals surface area contributed by atoms with E-state index in [9.17, 15) is 8.42 Å². The molecule has 0 bridgehead atoms. The van der Waals surface area contributed by atoms with E-state index in [1.54, 1.807) is 12.1 Å². The fourth-order valence-corrected chi connectivity index (χ4v) is 3.36. The molecule has 0 atom stereocenters. The Morgan fingerprint density at radius 2 is 2.16 bits per heavy atom. The van der Waals surface area contributed by atoms with Crippen molar-refractivity contribution in [1.29, 1.82) is 0 Å². The van der Waals surface area contributed by atoms with Crippen LogP contribution in [0.4, 0.5) is 5.69 Å². The maximum absolute atomic E-state index is 11.9. The predicted octanol–water partition coefficient (Wildman–Crippen LogP) is 1.84. The number of anilines is 1.